The predicted molar refractivity (Wildman–Crippen MR) is 68.9 cm³/mol. The van der Waals surface area contributed by atoms with Crippen LogP contribution in [0.4, 0.5) is 0 Å². The molecule has 1 saturated heterocycles. The summed E-state index contributed by atoms with van der Waals surface area (Å²) in [5.41, 5.74) is 0. The van der Waals surface area contributed by atoms with Crippen LogP contribution in [0, 0.1) is 23.2 Å². The van der Waals surface area contributed by atoms with E-state index < -0.39 is 0 Å². The summed E-state index contributed by atoms with van der Waals surface area (Å²) in [6.45, 7) is 5.00. The van der Waals surface area contributed by atoms with Crippen molar-refractivity contribution in [1.82, 2.24) is 10.2 Å². The Hall–Kier alpha value is -1.61. The third-order valence-corrected chi connectivity index (χ3v) is 3.23. The van der Waals surface area contributed by atoms with Crippen LogP contribution >= 0.6 is 0 Å². The lowest BCUT2D eigenvalue weighted by atomic mass is 9.94. The summed E-state index contributed by atoms with van der Waals surface area (Å²) in [5, 5.41) is 11.7. The van der Waals surface area contributed by atoms with Gasteiger partial charge in [0.25, 0.3) is 0 Å². The highest BCUT2D eigenvalue weighted by Crippen LogP contribution is 2.18. The number of amides is 1. The van der Waals surface area contributed by atoms with Crippen molar-refractivity contribution in [2.75, 3.05) is 26.7 Å². The highest BCUT2D eigenvalue weighted by Gasteiger charge is 2.33. The van der Waals surface area contributed by atoms with E-state index in [2.05, 4.69) is 11.4 Å². The molecule has 1 aliphatic heterocycles. The van der Waals surface area contributed by atoms with E-state index in [4.69, 9.17) is 10.00 Å². The smallest absolute Gasteiger partial charge is 0.310 e. The van der Waals surface area contributed by atoms with E-state index in [1.165, 1.54) is 7.11 Å². The maximum atomic E-state index is 11.7. The van der Waals surface area contributed by atoms with Crippen LogP contribution in [0.2, 0.25) is 0 Å². The molecule has 6 nitrogen and oxygen atoms in total. The summed E-state index contributed by atoms with van der Waals surface area (Å²) in [5.74, 6) is -0.702. The number of nitrogens with zero attached hydrogens (tertiary/aromatic N) is 2. The molecule has 0 aromatic rings. The van der Waals surface area contributed by atoms with Gasteiger partial charge in [-0.2, -0.15) is 5.26 Å². The van der Waals surface area contributed by atoms with Crippen molar-refractivity contribution < 1.29 is 14.3 Å². The average Bonchev–Trinajstić information content (AvgIpc) is 2.37. The molecule has 0 radical (unpaired) electrons. The number of hydrogen-bond acceptors (Lipinski definition) is 5. The third kappa shape index (κ3) is 4.52. The maximum Gasteiger partial charge on any atom is 0.310 e. The number of carbonyl (C=O) groups is 2. The highest BCUT2D eigenvalue weighted by atomic mass is 16.5. The maximum absolute atomic E-state index is 11.7. The number of piperidine rings is 1. The van der Waals surface area contributed by atoms with Gasteiger partial charge in [-0.3, -0.25) is 14.5 Å². The van der Waals surface area contributed by atoms with Gasteiger partial charge in [0, 0.05) is 25.0 Å². The number of rotatable bonds is 4. The van der Waals surface area contributed by atoms with Gasteiger partial charge in [0.15, 0.2) is 0 Å². The van der Waals surface area contributed by atoms with Crippen molar-refractivity contribution in [3.63, 3.8) is 0 Å². The summed E-state index contributed by atoms with van der Waals surface area (Å²) in [6, 6.07) is 1.96. The summed E-state index contributed by atoms with van der Waals surface area (Å²) >= 11 is 0. The zero-order valence-corrected chi connectivity index (χ0v) is 11.7. The van der Waals surface area contributed by atoms with E-state index in [1.807, 2.05) is 18.7 Å². The lowest BCUT2D eigenvalue weighted by Crippen LogP contribution is -2.53. The lowest BCUT2D eigenvalue weighted by molar-refractivity contribution is -0.148. The average molecular weight is 267 g/mol. The Balaban J connectivity index is 2.67. The number of nitrogens with one attached hydrogen (secondary N) is 1. The first-order valence-electron chi connectivity index (χ1n) is 6.45. The number of nitriles is 1. The van der Waals surface area contributed by atoms with Gasteiger partial charge >= 0.3 is 5.97 Å². The van der Waals surface area contributed by atoms with Crippen LogP contribution in [0.5, 0.6) is 0 Å². The molecule has 2 unspecified atom stereocenters. The second-order valence-corrected chi connectivity index (χ2v) is 5.17. The standard InChI is InChI=1S/C13H21N3O3/c1-9(2)12(17)15-11-6-10(13(18)19-3)7-16(8-11)5-4-14/h9-11H,5-8H2,1-3H3,(H,15,17). The van der Waals surface area contributed by atoms with Crippen LogP contribution in [-0.4, -0.2) is 49.6 Å². The van der Waals surface area contributed by atoms with Gasteiger partial charge in [-0.1, -0.05) is 13.8 Å². The number of ether oxygens (including phenoxy) is 1. The number of hydrogen-bond donors (Lipinski definition) is 1. The minimum atomic E-state index is -0.287. The number of likely N-dealkylation sites (tertiary alicyclic amines) is 1. The molecule has 0 saturated carbocycles. The van der Waals surface area contributed by atoms with Gasteiger partial charge in [-0.05, 0) is 6.42 Å². The summed E-state index contributed by atoms with van der Waals surface area (Å²) in [6.07, 6.45) is 0.563. The molecule has 0 aromatic heterocycles. The quantitative estimate of drug-likeness (QED) is 0.579. The minimum Gasteiger partial charge on any atom is -0.469 e. The Labute approximate surface area is 113 Å². The first-order chi connectivity index (χ1) is 8.97. The molecule has 106 valence electrons. The molecule has 1 amide bonds. The van der Waals surface area contributed by atoms with Crippen LogP contribution < -0.4 is 5.32 Å². The molecule has 0 aliphatic carbocycles. The molecule has 2 atom stereocenters. The zero-order valence-electron chi connectivity index (χ0n) is 11.7. The lowest BCUT2D eigenvalue weighted by Gasteiger charge is -2.35. The molecule has 1 rings (SSSR count). The molecule has 1 aliphatic rings. The van der Waals surface area contributed by atoms with E-state index in [1.54, 1.807) is 0 Å². The van der Waals surface area contributed by atoms with E-state index in [0.29, 0.717) is 19.5 Å². The van der Waals surface area contributed by atoms with Crippen LogP contribution in [0.15, 0.2) is 0 Å². The predicted octanol–water partition coefficient (Wildman–Crippen LogP) is 0.146. The monoisotopic (exact) mass is 267 g/mol. The largest absolute Gasteiger partial charge is 0.469 e. The van der Waals surface area contributed by atoms with Crippen LogP contribution in [0.3, 0.4) is 0 Å². The van der Waals surface area contributed by atoms with Crippen molar-refractivity contribution in [3.05, 3.63) is 0 Å². The molecule has 1 heterocycles. The summed E-state index contributed by atoms with van der Waals surface area (Å²) in [4.78, 5) is 25.2. The zero-order chi connectivity index (χ0) is 14.4. The summed E-state index contributed by atoms with van der Waals surface area (Å²) < 4.78 is 4.76. The van der Waals surface area contributed by atoms with E-state index >= 15 is 0 Å². The fourth-order valence-electron chi connectivity index (χ4n) is 2.23. The molecular weight excluding hydrogens is 246 g/mol. The van der Waals surface area contributed by atoms with E-state index in [0.717, 1.165) is 0 Å². The van der Waals surface area contributed by atoms with Crippen molar-refractivity contribution >= 4 is 11.9 Å². The molecule has 1 N–H and O–H groups in total. The minimum absolute atomic E-state index is 0.0348. The van der Waals surface area contributed by atoms with Gasteiger partial charge in [-0.25, -0.2) is 0 Å². The molecule has 0 spiro atoms. The molecule has 6 heteroatoms. The van der Waals surface area contributed by atoms with Crippen molar-refractivity contribution in [3.8, 4) is 6.07 Å². The molecule has 19 heavy (non-hydrogen) atoms. The topological polar surface area (TPSA) is 82.4 Å². The Kier molecular flexibility index (Phi) is 5.77. The Bertz CT molecular complexity index is 376. The number of methoxy groups -OCH3 is 1. The van der Waals surface area contributed by atoms with Crippen molar-refractivity contribution in [2.45, 2.75) is 26.3 Å². The first-order valence-corrected chi connectivity index (χ1v) is 6.45. The van der Waals surface area contributed by atoms with Gasteiger partial charge < -0.3 is 10.1 Å². The van der Waals surface area contributed by atoms with Crippen LogP contribution in [-0.2, 0) is 14.3 Å². The van der Waals surface area contributed by atoms with Gasteiger partial charge in [-0.15, -0.1) is 0 Å². The molecule has 1 fully saturated rings. The highest BCUT2D eigenvalue weighted by molar-refractivity contribution is 5.78. The Morgan fingerprint density at radius 1 is 1.47 bits per heavy atom. The molecule has 0 aromatic carbocycles. The summed E-state index contributed by atoms with van der Waals surface area (Å²) in [7, 11) is 1.35. The first kappa shape index (κ1) is 15.4. The second-order valence-electron chi connectivity index (χ2n) is 5.17. The van der Waals surface area contributed by atoms with Crippen molar-refractivity contribution in [2.24, 2.45) is 11.8 Å². The Morgan fingerprint density at radius 3 is 2.68 bits per heavy atom. The van der Waals surface area contributed by atoms with Crippen LogP contribution in [0.1, 0.15) is 20.3 Å². The Morgan fingerprint density at radius 2 is 2.16 bits per heavy atom. The van der Waals surface area contributed by atoms with Gasteiger partial charge in [0.1, 0.15) is 0 Å². The second kappa shape index (κ2) is 7.10. The number of esters is 1. The van der Waals surface area contributed by atoms with Crippen LogP contribution in [0.25, 0.3) is 0 Å². The molecular formula is C13H21N3O3. The van der Waals surface area contributed by atoms with Gasteiger partial charge in [0.05, 0.1) is 25.6 Å². The number of carbonyl (C=O) groups excluding carboxylic acids is 2. The fourth-order valence-corrected chi connectivity index (χ4v) is 2.23. The van der Waals surface area contributed by atoms with E-state index in [9.17, 15) is 9.59 Å². The van der Waals surface area contributed by atoms with E-state index in [-0.39, 0.29) is 36.3 Å². The molecule has 0 bridgehead atoms. The van der Waals surface area contributed by atoms with Crippen molar-refractivity contribution in [1.29, 1.82) is 5.26 Å². The normalized spacial score (nSPS) is 23.7. The SMILES string of the molecule is COC(=O)C1CC(NC(=O)C(C)C)CN(CC#N)C1. The third-order valence-electron chi connectivity index (χ3n) is 3.23. The fraction of sp³-hybridized carbons (Fsp3) is 0.769. The van der Waals surface area contributed by atoms with Gasteiger partial charge in [0.2, 0.25) is 5.91 Å².